The van der Waals surface area contributed by atoms with Crippen LogP contribution in [-0.4, -0.2) is 28.2 Å². The molecule has 0 aliphatic rings. The summed E-state index contributed by atoms with van der Waals surface area (Å²) >= 11 is 0. The molecule has 2 aromatic rings. The van der Waals surface area contributed by atoms with E-state index in [0.29, 0.717) is 11.3 Å². The van der Waals surface area contributed by atoms with Crippen LogP contribution in [0.1, 0.15) is 30.9 Å². The fraction of sp³-hybridized carbons (Fsp3) is 0.286. The topological polar surface area (TPSA) is 113 Å². The second-order valence-corrected chi connectivity index (χ2v) is 6.39. The number of carboxylic acid groups (broad SMARTS) is 2. The molecule has 0 spiro atoms. The maximum atomic E-state index is 12.0. The predicted molar refractivity (Wildman–Crippen MR) is 104 cm³/mol. The van der Waals surface area contributed by atoms with E-state index in [4.69, 9.17) is 14.9 Å². The molecule has 1 amide bonds. The van der Waals surface area contributed by atoms with Crippen molar-refractivity contribution in [1.82, 2.24) is 0 Å². The van der Waals surface area contributed by atoms with Crippen molar-refractivity contribution in [2.75, 3.05) is 5.32 Å². The van der Waals surface area contributed by atoms with Crippen molar-refractivity contribution in [2.24, 2.45) is 5.92 Å². The number of amides is 1. The first kappa shape index (κ1) is 21.0. The summed E-state index contributed by atoms with van der Waals surface area (Å²) in [5.41, 5.74) is 2.34. The largest absolute Gasteiger partial charge is 0.481 e. The van der Waals surface area contributed by atoms with Gasteiger partial charge in [0.05, 0.1) is 0 Å². The predicted octanol–water partition coefficient (Wildman–Crippen LogP) is 3.97. The first-order chi connectivity index (χ1) is 13.4. The lowest BCUT2D eigenvalue weighted by atomic mass is 10.00. The molecule has 7 nitrogen and oxygen atoms in total. The van der Waals surface area contributed by atoms with Crippen LogP contribution in [0.2, 0.25) is 0 Å². The molecule has 0 aliphatic heterocycles. The lowest BCUT2D eigenvalue weighted by Gasteiger charge is -2.09. The number of aliphatic carboxylic acids is 2. The van der Waals surface area contributed by atoms with Gasteiger partial charge in [0.1, 0.15) is 5.75 Å². The normalized spacial score (nSPS) is 10.5. The first-order valence-corrected chi connectivity index (χ1v) is 9.01. The van der Waals surface area contributed by atoms with Crippen molar-refractivity contribution in [3.8, 4) is 5.75 Å². The molecule has 0 radical (unpaired) electrons. The molecule has 0 saturated heterocycles. The van der Waals surface area contributed by atoms with Crippen LogP contribution in [0, 0.1) is 5.92 Å². The van der Waals surface area contributed by atoms with Crippen LogP contribution in [0.3, 0.4) is 0 Å². The number of hydrogen-bond donors (Lipinski definition) is 3. The van der Waals surface area contributed by atoms with Crippen molar-refractivity contribution in [2.45, 2.75) is 32.6 Å². The SMILES string of the molecule is CCCCc1ccc(NC(=O)Oc2ccc(CC(C(=O)O)C(=O)O)cc2)cc1. The third-order valence-corrected chi connectivity index (χ3v) is 4.19. The molecule has 0 atom stereocenters. The minimum atomic E-state index is -1.52. The molecule has 2 rings (SSSR count). The minimum Gasteiger partial charge on any atom is -0.481 e. The molecular formula is C21H23NO6. The molecule has 0 bridgehead atoms. The van der Waals surface area contributed by atoms with E-state index in [1.165, 1.54) is 29.8 Å². The molecule has 0 heterocycles. The molecule has 2 aromatic carbocycles. The molecule has 28 heavy (non-hydrogen) atoms. The maximum Gasteiger partial charge on any atom is 0.417 e. The Morgan fingerprint density at radius 1 is 0.929 bits per heavy atom. The minimum absolute atomic E-state index is 0.151. The number of carboxylic acids is 2. The number of anilines is 1. The van der Waals surface area contributed by atoms with E-state index in [2.05, 4.69) is 12.2 Å². The molecule has 0 aromatic heterocycles. The summed E-state index contributed by atoms with van der Waals surface area (Å²) in [6.45, 7) is 2.13. The van der Waals surface area contributed by atoms with Crippen LogP contribution in [0.25, 0.3) is 0 Å². The van der Waals surface area contributed by atoms with Crippen LogP contribution < -0.4 is 10.1 Å². The first-order valence-electron chi connectivity index (χ1n) is 9.01. The van der Waals surface area contributed by atoms with Gasteiger partial charge in [-0.1, -0.05) is 37.6 Å². The van der Waals surface area contributed by atoms with Crippen LogP contribution in [0.15, 0.2) is 48.5 Å². The third-order valence-electron chi connectivity index (χ3n) is 4.19. The number of rotatable bonds is 9. The Morgan fingerprint density at radius 3 is 2.04 bits per heavy atom. The van der Waals surface area contributed by atoms with Gasteiger partial charge in [0.25, 0.3) is 0 Å². The van der Waals surface area contributed by atoms with Gasteiger partial charge >= 0.3 is 18.0 Å². The van der Waals surface area contributed by atoms with Crippen molar-refractivity contribution >= 4 is 23.7 Å². The Morgan fingerprint density at radius 2 is 1.50 bits per heavy atom. The maximum absolute atomic E-state index is 12.0. The molecule has 0 fully saturated rings. The zero-order chi connectivity index (χ0) is 20.5. The van der Waals surface area contributed by atoms with Gasteiger partial charge in [0.15, 0.2) is 5.92 Å². The molecule has 3 N–H and O–H groups in total. The van der Waals surface area contributed by atoms with Crippen molar-refractivity contribution in [3.05, 3.63) is 59.7 Å². The summed E-state index contributed by atoms with van der Waals surface area (Å²) in [4.78, 5) is 33.9. The summed E-state index contributed by atoms with van der Waals surface area (Å²) < 4.78 is 5.19. The van der Waals surface area contributed by atoms with E-state index in [1.807, 2.05) is 24.3 Å². The third kappa shape index (κ3) is 6.42. The average Bonchev–Trinajstić information content (AvgIpc) is 2.66. The quantitative estimate of drug-likeness (QED) is 0.563. The van der Waals surface area contributed by atoms with Crippen molar-refractivity contribution in [3.63, 3.8) is 0 Å². The summed E-state index contributed by atoms with van der Waals surface area (Å²) in [6.07, 6.45) is 2.44. The Labute approximate surface area is 163 Å². The monoisotopic (exact) mass is 385 g/mol. The van der Waals surface area contributed by atoms with Crippen LogP contribution in [-0.2, 0) is 22.4 Å². The van der Waals surface area contributed by atoms with E-state index < -0.39 is 23.9 Å². The van der Waals surface area contributed by atoms with E-state index in [9.17, 15) is 14.4 Å². The number of aryl methyl sites for hydroxylation is 1. The molecule has 0 unspecified atom stereocenters. The van der Waals surface area contributed by atoms with Crippen molar-refractivity contribution in [1.29, 1.82) is 0 Å². The van der Waals surface area contributed by atoms with Crippen LogP contribution in [0.4, 0.5) is 10.5 Å². The molecular weight excluding hydrogens is 362 g/mol. The number of carbonyl (C=O) groups excluding carboxylic acids is 1. The van der Waals surface area contributed by atoms with Gasteiger partial charge in [-0.3, -0.25) is 14.9 Å². The van der Waals surface area contributed by atoms with Gasteiger partial charge in [-0.05, 0) is 54.7 Å². The fourth-order valence-electron chi connectivity index (χ4n) is 2.60. The van der Waals surface area contributed by atoms with Gasteiger partial charge in [-0.25, -0.2) is 4.79 Å². The van der Waals surface area contributed by atoms with Gasteiger partial charge in [-0.15, -0.1) is 0 Å². The number of hydrogen-bond acceptors (Lipinski definition) is 4. The van der Waals surface area contributed by atoms with Gasteiger partial charge in [-0.2, -0.15) is 0 Å². The number of carbonyl (C=O) groups is 3. The Balaban J connectivity index is 1.90. The van der Waals surface area contributed by atoms with Gasteiger partial charge < -0.3 is 14.9 Å². The highest BCUT2D eigenvalue weighted by Gasteiger charge is 2.25. The number of ether oxygens (including phenoxy) is 1. The second-order valence-electron chi connectivity index (χ2n) is 6.39. The van der Waals surface area contributed by atoms with Crippen LogP contribution >= 0.6 is 0 Å². The fourth-order valence-corrected chi connectivity index (χ4v) is 2.60. The molecule has 148 valence electrons. The van der Waals surface area contributed by atoms with E-state index in [1.54, 1.807) is 0 Å². The molecule has 0 saturated carbocycles. The van der Waals surface area contributed by atoms with Gasteiger partial charge in [0, 0.05) is 5.69 Å². The summed E-state index contributed by atoms with van der Waals surface area (Å²) in [5.74, 6) is -4.04. The number of benzene rings is 2. The highest BCUT2D eigenvalue weighted by atomic mass is 16.6. The summed E-state index contributed by atoms with van der Waals surface area (Å²) in [5, 5.41) is 20.5. The second kappa shape index (κ2) is 10.1. The number of unbranched alkanes of at least 4 members (excludes halogenated alkanes) is 1. The lowest BCUT2D eigenvalue weighted by molar-refractivity contribution is -0.154. The molecule has 7 heteroatoms. The number of nitrogens with one attached hydrogen (secondary N) is 1. The van der Waals surface area contributed by atoms with E-state index >= 15 is 0 Å². The van der Waals surface area contributed by atoms with Crippen LogP contribution in [0.5, 0.6) is 5.75 Å². The highest BCUT2D eigenvalue weighted by molar-refractivity contribution is 5.93. The van der Waals surface area contributed by atoms with Gasteiger partial charge in [0.2, 0.25) is 0 Å². The van der Waals surface area contributed by atoms with Crippen molar-refractivity contribution < 1.29 is 29.3 Å². The highest BCUT2D eigenvalue weighted by Crippen LogP contribution is 2.17. The standard InChI is InChI=1S/C21H23NO6/c1-2-3-4-14-5-9-16(10-6-14)22-21(27)28-17-11-7-15(8-12-17)13-18(19(23)24)20(25)26/h5-12,18H,2-4,13H2,1H3,(H,22,27)(H,23,24)(H,25,26). The average molecular weight is 385 g/mol. The van der Waals surface area contributed by atoms with E-state index in [-0.39, 0.29) is 12.2 Å². The summed E-state index contributed by atoms with van der Waals surface area (Å²) in [6, 6.07) is 13.6. The zero-order valence-corrected chi connectivity index (χ0v) is 15.6. The van der Waals surface area contributed by atoms with E-state index in [0.717, 1.165) is 19.3 Å². The lowest BCUT2D eigenvalue weighted by Crippen LogP contribution is -2.25. The Hall–Kier alpha value is -3.35. The summed E-state index contributed by atoms with van der Waals surface area (Å²) in [7, 11) is 0. The zero-order valence-electron chi connectivity index (χ0n) is 15.6. The smallest absolute Gasteiger partial charge is 0.417 e. The molecule has 0 aliphatic carbocycles. The Kier molecular flexibility index (Phi) is 7.56. The Bertz CT molecular complexity index is 800.